The van der Waals surface area contributed by atoms with Gasteiger partial charge in [-0.1, -0.05) is 19.1 Å². The van der Waals surface area contributed by atoms with Crippen LogP contribution in [0.3, 0.4) is 0 Å². The molecule has 0 aliphatic rings. The maximum atomic E-state index is 11.8. The Morgan fingerprint density at radius 2 is 2.29 bits per heavy atom. The molecule has 4 heteroatoms. The highest BCUT2D eigenvalue weighted by atomic mass is 35.5. The number of hydrogen-bond acceptors (Lipinski definition) is 2. The predicted molar refractivity (Wildman–Crippen MR) is 69.2 cm³/mol. The summed E-state index contributed by atoms with van der Waals surface area (Å²) in [5, 5.41) is 11.6. The lowest BCUT2D eigenvalue weighted by Gasteiger charge is -2.11. The van der Waals surface area contributed by atoms with Gasteiger partial charge < -0.3 is 10.4 Å². The molecule has 1 rings (SSSR count). The summed E-state index contributed by atoms with van der Waals surface area (Å²) in [7, 11) is 0. The molecule has 0 heterocycles. The molecule has 1 aromatic rings. The molecule has 0 saturated carbocycles. The number of rotatable bonds is 6. The highest BCUT2D eigenvalue weighted by Crippen LogP contribution is 2.08. The van der Waals surface area contributed by atoms with Crippen LogP contribution >= 0.6 is 11.6 Å². The lowest BCUT2D eigenvalue weighted by molar-refractivity contribution is 0.0945. The van der Waals surface area contributed by atoms with Crippen LogP contribution in [-0.2, 0) is 5.88 Å². The second-order valence-electron chi connectivity index (χ2n) is 4.16. The molecule has 1 aromatic carbocycles. The number of halogens is 1. The fourth-order valence-corrected chi connectivity index (χ4v) is 1.65. The Labute approximate surface area is 107 Å². The molecule has 0 bridgehead atoms. The van der Waals surface area contributed by atoms with Crippen molar-refractivity contribution in [3.05, 3.63) is 35.4 Å². The summed E-state index contributed by atoms with van der Waals surface area (Å²) in [4.78, 5) is 11.8. The summed E-state index contributed by atoms with van der Waals surface area (Å²) in [6, 6.07) is 7.27. The van der Waals surface area contributed by atoms with E-state index in [0.29, 0.717) is 24.4 Å². The van der Waals surface area contributed by atoms with Gasteiger partial charge >= 0.3 is 0 Å². The average Bonchev–Trinajstić information content (AvgIpc) is 2.36. The molecule has 0 spiro atoms. The van der Waals surface area contributed by atoms with Crippen LogP contribution in [0.4, 0.5) is 0 Å². The van der Waals surface area contributed by atoms with E-state index in [1.165, 1.54) is 0 Å². The molecule has 0 aliphatic heterocycles. The van der Waals surface area contributed by atoms with Gasteiger partial charge in [-0.05, 0) is 30.0 Å². The van der Waals surface area contributed by atoms with E-state index >= 15 is 0 Å². The van der Waals surface area contributed by atoms with Gasteiger partial charge in [0.25, 0.3) is 5.91 Å². The molecule has 1 unspecified atom stereocenters. The first-order chi connectivity index (χ1) is 8.17. The van der Waals surface area contributed by atoms with E-state index in [1.807, 2.05) is 19.1 Å². The largest absolute Gasteiger partial charge is 0.396 e. The van der Waals surface area contributed by atoms with E-state index in [9.17, 15) is 4.79 Å². The summed E-state index contributed by atoms with van der Waals surface area (Å²) in [5.74, 6) is 0.587. The zero-order valence-electron chi connectivity index (χ0n) is 9.95. The first-order valence-corrected chi connectivity index (χ1v) is 6.24. The zero-order chi connectivity index (χ0) is 12.7. The Morgan fingerprint density at radius 3 is 2.94 bits per heavy atom. The molecule has 0 saturated heterocycles. The van der Waals surface area contributed by atoms with Crippen molar-refractivity contribution in [3.8, 4) is 0 Å². The van der Waals surface area contributed by atoms with Crippen molar-refractivity contribution in [1.29, 1.82) is 0 Å². The first-order valence-electron chi connectivity index (χ1n) is 5.71. The van der Waals surface area contributed by atoms with Crippen LogP contribution in [0.25, 0.3) is 0 Å². The standard InChI is InChI=1S/C13H18ClNO2/c1-10(5-6-16)9-15-13(17)12-4-2-3-11(7-12)8-14/h2-4,7,10,16H,5-6,8-9H2,1H3,(H,15,17). The normalized spacial score (nSPS) is 12.2. The maximum Gasteiger partial charge on any atom is 0.251 e. The molecule has 0 aliphatic carbocycles. The van der Waals surface area contributed by atoms with Gasteiger partial charge in [0.15, 0.2) is 0 Å². The number of amides is 1. The monoisotopic (exact) mass is 255 g/mol. The molecule has 3 nitrogen and oxygen atoms in total. The van der Waals surface area contributed by atoms with Gasteiger partial charge in [0.2, 0.25) is 0 Å². The van der Waals surface area contributed by atoms with Gasteiger partial charge in [0.05, 0.1) is 0 Å². The summed E-state index contributed by atoms with van der Waals surface area (Å²) >= 11 is 5.71. The van der Waals surface area contributed by atoms with E-state index in [0.717, 1.165) is 5.56 Å². The number of hydrogen-bond donors (Lipinski definition) is 2. The van der Waals surface area contributed by atoms with Crippen molar-refractivity contribution in [3.63, 3.8) is 0 Å². The predicted octanol–water partition coefficient (Wildman–Crippen LogP) is 2.17. The Morgan fingerprint density at radius 1 is 1.53 bits per heavy atom. The van der Waals surface area contributed by atoms with Crippen LogP contribution < -0.4 is 5.32 Å². The molecule has 0 radical (unpaired) electrons. The average molecular weight is 256 g/mol. The molecular weight excluding hydrogens is 238 g/mol. The number of aliphatic hydroxyl groups excluding tert-OH is 1. The van der Waals surface area contributed by atoms with Crippen LogP contribution in [0.15, 0.2) is 24.3 Å². The fourth-order valence-electron chi connectivity index (χ4n) is 1.49. The molecule has 2 N–H and O–H groups in total. The number of benzene rings is 1. The van der Waals surface area contributed by atoms with Crippen molar-refractivity contribution in [2.75, 3.05) is 13.2 Å². The van der Waals surface area contributed by atoms with Gasteiger partial charge in [-0.15, -0.1) is 11.6 Å². The Bertz CT molecular complexity index is 368. The lowest BCUT2D eigenvalue weighted by atomic mass is 10.1. The minimum absolute atomic E-state index is 0.0956. The lowest BCUT2D eigenvalue weighted by Crippen LogP contribution is -2.28. The number of carbonyl (C=O) groups is 1. The zero-order valence-corrected chi connectivity index (χ0v) is 10.7. The van der Waals surface area contributed by atoms with Crippen LogP contribution in [0.2, 0.25) is 0 Å². The summed E-state index contributed by atoms with van der Waals surface area (Å²) < 4.78 is 0. The fraction of sp³-hybridized carbons (Fsp3) is 0.462. The van der Waals surface area contributed by atoms with Crippen LogP contribution in [0, 0.1) is 5.92 Å². The van der Waals surface area contributed by atoms with E-state index < -0.39 is 0 Å². The first kappa shape index (κ1) is 14.0. The summed E-state index contributed by atoms with van der Waals surface area (Å²) in [5.41, 5.74) is 1.56. The quantitative estimate of drug-likeness (QED) is 0.766. The number of aliphatic hydroxyl groups is 1. The third kappa shape index (κ3) is 4.75. The third-order valence-corrected chi connectivity index (χ3v) is 2.89. The molecule has 1 amide bonds. The molecule has 1 atom stereocenters. The molecule has 0 fully saturated rings. The van der Waals surface area contributed by atoms with Crippen molar-refractivity contribution < 1.29 is 9.90 Å². The van der Waals surface area contributed by atoms with E-state index in [-0.39, 0.29) is 18.4 Å². The van der Waals surface area contributed by atoms with Gasteiger partial charge in [-0.25, -0.2) is 0 Å². The minimum atomic E-state index is -0.0956. The third-order valence-electron chi connectivity index (χ3n) is 2.58. The summed E-state index contributed by atoms with van der Waals surface area (Å²) in [6.45, 7) is 2.72. The van der Waals surface area contributed by atoms with Gasteiger partial charge in [-0.2, -0.15) is 0 Å². The maximum absolute atomic E-state index is 11.8. The van der Waals surface area contributed by atoms with Crippen molar-refractivity contribution >= 4 is 17.5 Å². The van der Waals surface area contributed by atoms with Gasteiger partial charge in [0, 0.05) is 24.6 Å². The Balaban J connectivity index is 2.51. The SMILES string of the molecule is CC(CCO)CNC(=O)c1cccc(CCl)c1. The minimum Gasteiger partial charge on any atom is -0.396 e. The van der Waals surface area contributed by atoms with Gasteiger partial charge in [0.1, 0.15) is 0 Å². The van der Waals surface area contributed by atoms with Gasteiger partial charge in [-0.3, -0.25) is 4.79 Å². The smallest absolute Gasteiger partial charge is 0.251 e. The number of alkyl halides is 1. The van der Waals surface area contributed by atoms with Crippen molar-refractivity contribution in [1.82, 2.24) is 5.32 Å². The Kier molecular flexibility index (Phi) is 6.01. The van der Waals surface area contributed by atoms with Crippen LogP contribution in [-0.4, -0.2) is 24.2 Å². The molecule has 17 heavy (non-hydrogen) atoms. The molecule has 0 aromatic heterocycles. The highest BCUT2D eigenvalue weighted by Gasteiger charge is 2.07. The second kappa shape index (κ2) is 7.30. The van der Waals surface area contributed by atoms with Crippen LogP contribution in [0.1, 0.15) is 29.3 Å². The van der Waals surface area contributed by atoms with E-state index in [4.69, 9.17) is 16.7 Å². The van der Waals surface area contributed by atoms with Crippen molar-refractivity contribution in [2.24, 2.45) is 5.92 Å². The van der Waals surface area contributed by atoms with E-state index in [1.54, 1.807) is 12.1 Å². The second-order valence-corrected chi connectivity index (χ2v) is 4.43. The molecule has 94 valence electrons. The Hall–Kier alpha value is -1.06. The topological polar surface area (TPSA) is 49.3 Å². The van der Waals surface area contributed by atoms with Crippen LogP contribution in [0.5, 0.6) is 0 Å². The van der Waals surface area contributed by atoms with E-state index in [2.05, 4.69) is 5.32 Å². The highest BCUT2D eigenvalue weighted by molar-refractivity contribution is 6.17. The molecular formula is C13H18ClNO2. The summed E-state index contributed by atoms with van der Waals surface area (Å²) in [6.07, 6.45) is 0.696. The number of nitrogens with one attached hydrogen (secondary N) is 1. The van der Waals surface area contributed by atoms with Crippen molar-refractivity contribution in [2.45, 2.75) is 19.2 Å². The number of carbonyl (C=O) groups excluding carboxylic acids is 1.